The lowest BCUT2D eigenvalue weighted by atomic mass is 9.83. The van der Waals surface area contributed by atoms with E-state index in [1.54, 1.807) is 24.3 Å². The van der Waals surface area contributed by atoms with Crippen molar-refractivity contribution in [1.29, 1.82) is 5.26 Å². The quantitative estimate of drug-likeness (QED) is 0.657. The molecule has 2 saturated heterocycles. The van der Waals surface area contributed by atoms with Crippen LogP contribution in [0.15, 0.2) is 36.4 Å². The van der Waals surface area contributed by atoms with Crippen molar-refractivity contribution in [1.82, 2.24) is 15.1 Å². The van der Waals surface area contributed by atoms with E-state index < -0.39 is 34.8 Å². The Morgan fingerprint density at radius 2 is 1.71 bits per heavy atom. The molecule has 5 rings (SSSR count). The molecule has 1 N–H and O–H groups in total. The number of halogens is 3. The number of aryl methyl sites for hydroxylation is 1. The number of hydrogen-bond acceptors (Lipinski definition) is 4. The van der Waals surface area contributed by atoms with Gasteiger partial charge in [-0.25, -0.2) is 18.0 Å². The summed E-state index contributed by atoms with van der Waals surface area (Å²) in [4.78, 5) is 29.1. The maximum atomic E-state index is 15.6. The van der Waals surface area contributed by atoms with Crippen LogP contribution >= 0.6 is 0 Å². The molecule has 2 aromatic rings. The monoisotopic (exact) mass is 482 g/mol. The van der Waals surface area contributed by atoms with Crippen LogP contribution in [-0.2, 0) is 22.4 Å². The van der Waals surface area contributed by atoms with Gasteiger partial charge in [-0.05, 0) is 68.0 Å². The topological polar surface area (TPSA) is 76.4 Å². The first-order chi connectivity index (χ1) is 16.8. The first-order valence-electron chi connectivity index (χ1n) is 11.8. The Bertz CT molecular complexity index is 1240. The van der Waals surface area contributed by atoms with Crippen LogP contribution in [0, 0.1) is 23.0 Å². The lowest BCUT2D eigenvalue weighted by Gasteiger charge is -2.37. The minimum atomic E-state index is -1.55. The van der Waals surface area contributed by atoms with Crippen LogP contribution < -0.4 is 5.32 Å². The molecule has 2 fully saturated rings. The highest BCUT2D eigenvalue weighted by Crippen LogP contribution is 2.42. The molecule has 1 aliphatic carbocycles. The Labute approximate surface area is 201 Å². The standard InChI is InChI=1S/C26H25F3N4O2/c27-21-14-17-6-7-26(20(17)15-22(21)28)23(34)33(24(35)31-26)11-3-10-32-12-8-25(29,9-13-32)19-5-2-1-4-18(19)16-30/h1-2,4-5,14-15H,3,6-13H2,(H,31,35). The van der Waals surface area contributed by atoms with Crippen LogP contribution in [0.3, 0.4) is 0 Å². The molecule has 1 spiro atoms. The van der Waals surface area contributed by atoms with Gasteiger partial charge in [-0.3, -0.25) is 9.69 Å². The maximum Gasteiger partial charge on any atom is 0.325 e. The molecule has 35 heavy (non-hydrogen) atoms. The summed E-state index contributed by atoms with van der Waals surface area (Å²) in [5, 5.41) is 12.0. The van der Waals surface area contributed by atoms with E-state index in [0.717, 1.165) is 17.0 Å². The highest BCUT2D eigenvalue weighted by Gasteiger charge is 2.55. The normalized spacial score (nSPS) is 23.4. The van der Waals surface area contributed by atoms with E-state index in [1.165, 1.54) is 0 Å². The molecule has 1 atom stereocenters. The summed E-state index contributed by atoms with van der Waals surface area (Å²) >= 11 is 0. The molecule has 2 aliphatic heterocycles. The summed E-state index contributed by atoms with van der Waals surface area (Å²) < 4.78 is 43.1. The predicted octanol–water partition coefficient (Wildman–Crippen LogP) is 3.88. The summed E-state index contributed by atoms with van der Waals surface area (Å²) in [7, 11) is 0. The smallest absolute Gasteiger partial charge is 0.319 e. The van der Waals surface area contributed by atoms with Crippen LogP contribution in [0.4, 0.5) is 18.0 Å². The number of urea groups is 1. The number of hydrogen-bond donors (Lipinski definition) is 1. The number of carbonyl (C=O) groups is 2. The maximum absolute atomic E-state index is 15.6. The summed E-state index contributed by atoms with van der Waals surface area (Å²) in [6.07, 6.45) is 1.67. The number of rotatable bonds is 5. The fourth-order valence-corrected chi connectivity index (χ4v) is 5.65. The Hall–Kier alpha value is -3.38. The lowest BCUT2D eigenvalue weighted by Crippen LogP contribution is -2.43. The molecule has 3 amide bonds. The molecular weight excluding hydrogens is 457 g/mol. The van der Waals surface area contributed by atoms with Crippen molar-refractivity contribution in [3.05, 3.63) is 70.3 Å². The molecule has 1 unspecified atom stereocenters. The number of fused-ring (bicyclic) bond motifs is 2. The Balaban J connectivity index is 1.19. The molecule has 0 radical (unpaired) electrons. The van der Waals surface area contributed by atoms with Crippen molar-refractivity contribution in [3.8, 4) is 6.07 Å². The SMILES string of the molecule is N#Cc1ccccc1C1(F)CCN(CCCN2C(=O)NC3(CCc4cc(F)c(F)cc43)C2=O)CC1. The highest BCUT2D eigenvalue weighted by molar-refractivity contribution is 6.08. The zero-order valence-corrected chi connectivity index (χ0v) is 19.1. The molecule has 6 nitrogen and oxygen atoms in total. The minimum Gasteiger partial charge on any atom is -0.319 e. The molecule has 2 heterocycles. The molecule has 0 saturated carbocycles. The van der Waals surface area contributed by atoms with Gasteiger partial charge in [0, 0.05) is 25.2 Å². The van der Waals surface area contributed by atoms with Gasteiger partial charge in [-0.15, -0.1) is 0 Å². The fraction of sp³-hybridized carbons (Fsp3) is 0.423. The second-order valence-corrected chi connectivity index (χ2v) is 9.53. The summed E-state index contributed by atoms with van der Waals surface area (Å²) in [6.45, 7) is 1.76. The van der Waals surface area contributed by atoms with E-state index in [1.807, 2.05) is 0 Å². The lowest BCUT2D eigenvalue weighted by molar-refractivity contribution is -0.131. The third-order valence-corrected chi connectivity index (χ3v) is 7.59. The first kappa shape index (κ1) is 23.4. The highest BCUT2D eigenvalue weighted by atomic mass is 19.2. The molecular formula is C26H25F3N4O2. The average Bonchev–Trinajstić information content (AvgIpc) is 3.32. The molecule has 2 aromatic carbocycles. The van der Waals surface area contributed by atoms with Crippen LogP contribution in [0.1, 0.15) is 47.9 Å². The van der Waals surface area contributed by atoms with Crippen LogP contribution in [0.5, 0.6) is 0 Å². The fourth-order valence-electron chi connectivity index (χ4n) is 5.65. The zero-order valence-electron chi connectivity index (χ0n) is 19.1. The Kier molecular flexibility index (Phi) is 5.80. The third kappa shape index (κ3) is 3.86. The van der Waals surface area contributed by atoms with Crippen LogP contribution in [0.2, 0.25) is 0 Å². The number of imide groups is 1. The second kappa shape index (κ2) is 8.68. The van der Waals surface area contributed by atoms with E-state index in [-0.39, 0.29) is 25.8 Å². The average molecular weight is 483 g/mol. The van der Waals surface area contributed by atoms with Gasteiger partial charge in [-0.2, -0.15) is 5.26 Å². The number of nitriles is 1. The largest absolute Gasteiger partial charge is 0.325 e. The number of amides is 3. The van der Waals surface area contributed by atoms with Gasteiger partial charge in [0.1, 0.15) is 11.2 Å². The molecule has 0 aromatic heterocycles. The number of nitrogens with zero attached hydrogens (tertiary/aromatic N) is 3. The third-order valence-electron chi connectivity index (χ3n) is 7.59. The van der Waals surface area contributed by atoms with E-state index in [4.69, 9.17) is 0 Å². The minimum absolute atomic E-state index is 0.181. The second-order valence-electron chi connectivity index (χ2n) is 9.53. The van der Waals surface area contributed by atoms with Gasteiger partial charge >= 0.3 is 6.03 Å². The van der Waals surface area contributed by atoms with Gasteiger partial charge in [0.25, 0.3) is 5.91 Å². The van der Waals surface area contributed by atoms with E-state index >= 15 is 4.39 Å². The number of alkyl halides is 1. The van der Waals surface area contributed by atoms with Gasteiger partial charge in [-0.1, -0.05) is 18.2 Å². The van der Waals surface area contributed by atoms with Gasteiger partial charge in [0.05, 0.1) is 11.6 Å². The number of carbonyl (C=O) groups excluding carboxylic acids is 2. The van der Waals surface area contributed by atoms with Crippen LogP contribution in [-0.4, -0.2) is 47.9 Å². The zero-order chi connectivity index (χ0) is 24.8. The van der Waals surface area contributed by atoms with Crippen molar-refractivity contribution in [2.24, 2.45) is 0 Å². The van der Waals surface area contributed by atoms with Gasteiger partial charge in [0.15, 0.2) is 11.6 Å². The summed E-state index contributed by atoms with van der Waals surface area (Å²) in [5.74, 6) is -2.46. The Morgan fingerprint density at radius 3 is 2.46 bits per heavy atom. The molecule has 9 heteroatoms. The molecule has 3 aliphatic rings. The Morgan fingerprint density at radius 1 is 1.00 bits per heavy atom. The number of piperidine rings is 1. The number of benzene rings is 2. The van der Waals surface area contributed by atoms with E-state index in [9.17, 15) is 23.6 Å². The van der Waals surface area contributed by atoms with Gasteiger partial charge < -0.3 is 10.2 Å². The van der Waals surface area contributed by atoms with E-state index in [0.29, 0.717) is 54.7 Å². The van der Waals surface area contributed by atoms with Crippen molar-refractivity contribution in [3.63, 3.8) is 0 Å². The summed E-state index contributed by atoms with van der Waals surface area (Å²) in [6, 6.07) is 10.4. The molecule has 0 bridgehead atoms. The van der Waals surface area contributed by atoms with Crippen molar-refractivity contribution < 1.29 is 22.8 Å². The predicted molar refractivity (Wildman–Crippen MR) is 121 cm³/mol. The molecule has 182 valence electrons. The van der Waals surface area contributed by atoms with Crippen LogP contribution in [0.25, 0.3) is 0 Å². The van der Waals surface area contributed by atoms with Gasteiger partial charge in [0.2, 0.25) is 0 Å². The van der Waals surface area contributed by atoms with Crippen molar-refractivity contribution in [2.45, 2.75) is 43.3 Å². The van der Waals surface area contributed by atoms with Crippen molar-refractivity contribution in [2.75, 3.05) is 26.2 Å². The number of nitrogens with one attached hydrogen (secondary N) is 1. The van der Waals surface area contributed by atoms with E-state index in [2.05, 4.69) is 16.3 Å². The van der Waals surface area contributed by atoms with Crippen molar-refractivity contribution >= 4 is 11.9 Å². The summed E-state index contributed by atoms with van der Waals surface area (Å²) in [5.41, 5.74) is -1.25. The number of likely N-dealkylation sites (tertiary alicyclic amines) is 1. The first-order valence-corrected chi connectivity index (χ1v) is 11.8.